The number of carbonyl (C=O) groups is 1. The summed E-state index contributed by atoms with van der Waals surface area (Å²) in [5.41, 5.74) is 0.731. The highest BCUT2D eigenvalue weighted by Gasteiger charge is 2.14. The standard InChI is InChI=1S/C14H16F2N4O3S/c1-20(12(21)7-24-14-17-8-18-19-14)6-9-3-4-10(23-13(15)16)11(5-9)22-2/h3-5,8,13H,6-7H2,1-2H3,(H,17,18,19). The molecule has 10 heteroatoms. The van der Waals surface area contributed by atoms with Crippen molar-refractivity contribution in [1.29, 1.82) is 0 Å². The number of amides is 1. The average Bonchev–Trinajstić information content (AvgIpc) is 3.06. The number of rotatable bonds is 8. The normalized spacial score (nSPS) is 10.7. The van der Waals surface area contributed by atoms with E-state index in [2.05, 4.69) is 19.9 Å². The largest absolute Gasteiger partial charge is 0.493 e. The molecule has 1 aromatic carbocycles. The molecule has 130 valence electrons. The first-order chi connectivity index (χ1) is 11.5. The number of nitrogens with zero attached hydrogens (tertiary/aromatic N) is 3. The first-order valence-corrected chi connectivity index (χ1v) is 7.82. The summed E-state index contributed by atoms with van der Waals surface area (Å²) in [4.78, 5) is 17.5. The van der Waals surface area contributed by atoms with Crippen LogP contribution in [0.3, 0.4) is 0 Å². The Hall–Kier alpha value is -2.36. The number of hydrogen-bond acceptors (Lipinski definition) is 6. The SMILES string of the molecule is COc1cc(CN(C)C(=O)CSc2ncn[nH]2)ccc1OC(F)F. The molecule has 0 saturated carbocycles. The number of carbonyl (C=O) groups excluding carboxylic acids is 1. The predicted molar refractivity (Wildman–Crippen MR) is 83.2 cm³/mol. The number of methoxy groups -OCH3 is 1. The first kappa shape index (κ1) is 18.0. The van der Waals surface area contributed by atoms with E-state index < -0.39 is 6.61 Å². The van der Waals surface area contributed by atoms with Gasteiger partial charge in [0.25, 0.3) is 0 Å². The molecule has 1 aromatic heterocycles. The lowest BCUT2D eigenvalue weighted by atomic mass is 10.2. The van der Waals surface area contributed by atoms with E-state index in [-0.39, 0.29) is 23.2 Å². The van der Waals surface area contributed by atoms with Gasteiger partial charge in [0, 0.05) is 13.6 Å². The minimum Gasteiger partial charge on any atom is -0.493 e. The van der Waals surface area contributed by atoms with Crippen molar-refractivity contribution in [3.8, 4) is 11.5 Å². The van der Waals surface area contributed by atoms with Crippen LogP contribution in [0, 0.1) is 0 Å². The van der Waals surface area contributed by atoms with Crippen molar-refractivity contribution in [2.45, 2.75) is 18.3 Å². The fourth-order valence-electron chi connectivity index (χ4n) is 1.87. The second-order valence-electron chi connectivity index (χ2n) is 4.69. The molecule has 0 aliphatic carbocycles. The molecule has 0 unspecified atom stereocenters. The molecule has 0 saturated heterocycles. The van der Waals surface area contributed by atoms with E-state index in [4.69, 9.17) is 4.74 Å². The molecule has 2 rings (SSSR count). The number of ether oxygens (including phenoxy) is 2. The predicted octanol–water partition coefficient (Wildman–Crippen LogP) is 2.17. The van der Waals surface area contributed by atoms with Gasteiger partial charge in [-0.1, -0.05) is 17.8 Å². The highest BCUT2D eigenvalue weighted by Crippen LogP contribution is 2.29. The third-order valence-electron chi connectivity index (χ3n) is 3.01. The maximum Gasteiger partial charge on any atom is 0.387 e. The average molecular weight is 358 g/mol. The molecule has 0 atom stereocenters. The number of hydrogen-bond donors (Lipinski definition) is 1. The van der Waals surface area contributed by atoms with Crippen LogP contribution in [0.25, 0.3) is 0 Å². The summed E-state index contributed by atoms with van der Waals surface area (Å²) in [7, 11) is 3.01. The van der Waals surface area contributed by atoms with Crippen LogP contribution in [0.1, 0.15) is 5.56 Å². The summed E-state index contributed by atoms with van der Waals surface area (Å²) in [6.07, 6.45) is 1.37. The molecule has 0 fully saturated rings. The summed E-state index contributed by atoms with van der Waals surface area (Å²) >= 11 is 1.24. The number of halogens is 2. The Kier molecular flexibility index (Phi) is 6.36. The summed E-state index contributed by atoms with van der Waals surface area (Å²) in [5, 5.41) is 6.92. The van der Waals surface area contributed by atoms with Crippen LogP contribution in [0.4, 0.5) is 8.78 Å². The van der Waals surface area contributed by atoms with Gasteiger partial charge < -0.3 is 14.4 Å². The Bertz CT molecular complexity index is 670. The van der Waals surface area contributed by atoms with Crippen molar-refractivity contribution in [1.82, 2.24) is 20.1 Å². The monoisotopic (exact) mass is 358 g/mol. The van der Waals surface area contributed by atoms with Gasteiger partial charge in [0.2, 0.25) is 5.91 Å². The summed E-state index contributed by atoms with van der Waals surface area (Å²) in [5.74, 6) is 0.231. The number of benzene rings is 1. The Morgan fingerprint density at radius 3 is 2.83 bits per heavy atom. The van der Waals surface area contributed by atoms with E-state index in [9.17, 15) is 13.6 Å². The maximum atomic E-state index is 12.3. The summed E-state index contributed by atoms with van der Waals surface area (Å²) < 4.78 is 34.0. The molecular formula is C14H16F2N4O3S. The maximum absolute atomic E-state index is 12.3. The molecule has 24 heavy (non-hydrogen) atoms. The van der Waals surface area contributed by atoms with Crippen molar-refractivity contribution in [2.24, 2.45) is 0 Å². The van der Waals surface area contributed by atoms with Gasteiger partial charge in [-0.25, -0.2) is 4.98 Å². The fraction of sp³-hybridized carbons (Fsp3) is 0.357. The zero-order chi connectivity index (χ0) is 17.5. The number of nitrogens with one attached hydrogen (secondary N) is 1. The molecule has 1 heterocycles. The molecule has 1 N–H and O–H groups in total. The Morgan fingerprint density at radius 2 is 2.21 bits per heavy atom. The van der Waals surface area contributed by atoms with Gasteiger partial charge in [0.05, 0.1) is 12.9 Å². The van der Waals surface area contributed by atoms with Crippen LogP contribution in [0.15, 0.2) is 29.7 Å². The zero-order valence-corrected chi connectivity index (χ0v) is 13.8. The molecule has 0 radical (unpaired) electrons. The van der Waals surface area contributed by atoms with E-state index in [0.29, 0.717) is 11.7 Å². The van der Waals surface area contributed by atoms with Crippen molar-refractivity contribution in [2.75, 3.05) is 19.9 Å². The van der Waals surface area contributed by atoms with Gasteiger partial charge in [0.15, 0.2) is 16.7 Å². The smallest absolute Gasteiger partial charge is 0.387 e. The van der Waals surface area contributed by atoms with Crippen molar-refractivity contribution in [3.05, 3.63) is 30.1 Å². The second kappa shape index (κ2) is 8.48. The van der Waals surface area contributed by atoms with Crippen LogP contribution in [0.2, 0.25) is 0 Å². The first-order valence-electron chi connectivity index (χ1n) is 6.83. The molecule has 0 aliphatic rings. The molecular weight excluding hydrogens is 342 g/mol. The minimum atomic E-state index is -2.93. The Balaban J connectivity index is 1.95. The zero-order valence-electron chi connectivity index (χ0n) is 13.0. The van der Waals surface area contributed by atoms with Crippen molar-refractivity contribution >= 4 is 17.7 Å². The topological polar surface area (TPSA) is 80.3 Å². The van der Waals surface area contributed by atoms with Gasteiger partial charge in [-0.3, -0.25) is 9.89 Å². The Labute approximate surface area is 141 Å². The minimum absolute atomic E-state index is 0.0499. The number of alkyl halides is 2. The number of thioether (sulfide) groups is 1. The quantitative estimate of drug-likeness (QED) is 0.729. The van der Waals surface area contributed by atoms with Gasteiger partial charge in [0.1, 0.15) is 6.33 Å². The third-order valence-corrected chi connectivity index (χ3v) is 3.88. The van der Waals surface area contributed by atoms with E-state index in [1.807, 2.05) is 0 Å². The van der Waals surface area contributed by atoms with Crippen molar-refractivity contribution < 1.29 is 23.0 Å². The summed E-state index contributed by atoms with van der Waals surface area (Å²) in [6.45, 7) is -2.62. The molecule has 7 nitrogen and oxygen atoms in total. The van der Waals surface area contributed by atoms with E-state index in [1.54, 1.807) is 19.2 Å². The van der Waals surface area contributed by atoms with Gasteiger partial charge >= 0.3 is 6.61 Å². The van der Waals surface area contributed by atoms with Crippen molar-refractivity contribution in [3.63, 3.8) is 0 Å². The van der Waals surface area contributed by atoms with Crippen LogP contribution in [-0.2, 0) is 11.3 Å². The Morgan fingerprint density at radius 1 is 1.42 bits per heavy atom. The van der Waals surface area contributed by atoms with Gasteiger partial charge in [-0.15, -0.1) is 0 Å². The number of aromatic nitrogens is 3. The molecule has 1 amide bonds. The molecule has 0 spiro atoms. The molecule has 0 bridgehead atoms. The van der Waals surface area contributed by atoms with Gasteiger partial charge in [-0.2, -0.15) is 13.9 Å². The number of H-pyrrole nitrogens is 1. The highest BCUT2D eigenvalue weighted by atomic mass is 32.2. The van der Waals surface area contributed by atoms with Crippen LogP contribution < -0.4 is 9.47 Å². The lowest BCUT2D eigenvalue weighted by Crippen LogP contribution is -2.27. The lowest BCUT2D eigenvalue weighted by Gasteiger charge is -2.18. The lowest BCUT2D eigenvalue weighted by molar-refractivity contribution is -0.127. The van der Waals surface area contributed by atoms with Gasteiger partial charge in [-0.05, 0) is 17.7 Å². The second-order valence-corrected chi connectivity index (χ2v) is 5.66. The van der Waals surface area contributed by atoms with Crippen LogP contribution in [-0.4, -0.2) is 52.5 Å². The van der Waals surface area contributed by atoms with Crippen LogP contribution >= 0.6 is 11.8 Å². The van der Waals surface area contributed by atoms with Crippen LogP contribution in [0.5, 0.6) is 11.5 Å². The fourth-order valence-corrected chi connectivity index (χ4v) is 2.59. The van der Waals surface area contributed by atoms with E-state index >= 15 is 0 Å². The summed E-state index contributed by atoms with van der Waals surface area (Å²) in [6, 6.07) is 4.56. The number of aromatic amines is 1. The molecule has 0 aliphatic heterocycles. The molecule has 2 aromatic rings. The van der Waals surface area contributed by atoms with E-state index in [0.717, 1.165) is 5.56 Å². The third kappa shape index (κ3) is 5.08. The van der Waals surface area contributed by atoms with E-state index in [1.165, 1.54) is 36.2 Å². The highest BCUT2D eigenvalue weighted by molar-refractivity contribution is 7.99.